The molecule has 0 aliphatic rings. The quantitative estimate of drug-likeness (QED) is 0.172. The Hall–Kier alpha value is -2.16. The number of benzene rings is 1. The largest absolute Gasteiger partial charge is 0.383 e. The molecule has 0 atom stereocenters. The van der Waals surface area contributed by atoms with Gasteiger partial charge in [-0.1, -0.05) is 6.07 Å². The van der Waals surface area contributed by atoms with E-state index in [1.807, 2.05) is 39.0 Å². The molecule has 0 bridgehead atoms. The van der Waals surface area contributed by atoms with E-state index in [4.69, 9.17) is 34.2 Å². The second-order valence-corrected chi connectivity index (χ2v) is 9.74. The van der Waals surface area contributed by atoms with Gasteiger partial charge in [0.25, 0.3) is 5.91 Å². The van der Waals surface area contributed by atoms with Crippen LogP contribution in [0.5, 0.6) is 0 Å². The van der Waals surface area contributed by atoms with Crippen LogP contribution in [0.15, 0.2) is 18.2 Å². The Labute approximate surface area is 235 Å². The lowest BCUT2D eigenvalue weighted by molar-refractivity contribution is -0.0159. The van der Waals surface area contributed by atoms with Crippen molar-refractivity contribution >= 4 is 28.1 Å². The smallest absolute Gasteiger partial charge is 0.257 e. The third-order valence-electron chi connectivity index (χ3n) is 5.43. The lowest BCUT2D eigenvalue weighted by Gasteiger charge is -2.11. The van der Waals surface area contributed by atoms with E-state index in [1.165, 1.54) is 11.3 Å². The molecule has 11 nitrogen and oxygen atoms in total. The molecule has 1 aromatic carbocycles. The van der Waals surface area contributed by atoms with Crippen LogP contribution in [0.25, 0.3) is 0 Å². The van der Waals surface area contributed by atoms with Gasteiger partial charge in [0, 0.05) is 29.2 Å². The number of amides is 1. The van der Waals surface area contributed by atoms with Crippen LogP contribution in [-0.4, -0.2) is 103 Å². The van der Waals surface area contributed by atoms with E-state index >= 15 is 0 Å². The predicted molar refractivity (Wildman–Crippen MR) is 153 cm³/mol. The summed E-state index contributed by atoms with van der Waals surface area (Å²) in [5.41, 5.74) is 8.64. The number of hydrogen-bond donors (Lipinski definition) is 3. The Morgan fingerprint density at radius 1 is 0.795 bits per heavy atom. The highest BCUT2D eigenvalue weighted by molar-refractivity contribution is 7.15. The molecule has 0 saturated carbocycles. The van der Waals surface area contributed by atoms with Crippen LogP contribution in [0.3, 0.4) is 0 Å². The van der Waals surface area contributed by atoms with Crippen LogP contribution in [0.1, 0.15) is 26.5 Å². The second-order valence-electron chi connectivity index (χ2n) is 8.53. The average molecular weight is 569 g/mol. The zero-order valence-electron chi connectivity index (χ0n) is 23.4. The number of hydrogen-bond acceptors (Lipinski definition) is 11. The van der Waals surface area contributed by atoms with Crippen molar-refractivity contribution in [3.8, 4) is 0 Å². The molecule has 0 spiro atoms. The van der Waals surface area contributed by atoms with Gasteiger partial charge >= 0.3 is 0 Å². The molecule has 12 heteroatoms. The first kappa shape index (κ1) is 33.0. The summed E-state index contributed by atoms with van der Waals surface area (Å²) >= 11 is 1.48. The molecule has 1 amide bonds. The van der Waals surface area contributed by atoms with Gasteiger partial charge in [-0.3, -0.25) is 10.1 Å². The molecular weight excluding hydrogens is 524 g/mol. The van der Waals surface area contributed by atoms with Gasteiger partial charge < -0.3 is 39.5 Å². The van der Waals surface area contributed by atoms with Crippen molar-refractivity contribution in [3.05, 3.63) is 39.9 Å². The Bertz CT molecular complexity index is 925. The number of aryl methyl sites for hydroxylation is 3. The molecule has 1 aromatic heterocycles. The van der Waals surface area contributed by atoms with Crippen molar-refractivity contribution in [1.82, 2.24) is 4.98 Å². The van der Waals surface area contributed by atoms with Crippen molar-refractivity contribution in [2.24, 2.45) is 5.73 Å². The van der Waals surface area contributed by atoms with Crippen LogP contribution in [0.4, 0.5) is 10.8 Å². The fourth-order valence-electron chi connectivity index (χ4n) is 3.22. The van der Waals surface area contributed by atoms with Gasteiger partial charge in [-0.25, -0.2) is 4.98 Å². The normalized spacial score (nSPS) is 11.2. The molecule has 0 saturated heterocycles. The highest BCUT2D eigenvalue weighted by Gasteiger charge is 2.13. The fourth-order valence-corrected chi connectivity index (χ4v) is 4.03. The number of carbonyl (C=O) groups is 1. The van der Waals surface area contributed by atoms with Crippen LogP contribution in [0.2, 0.25) is 0 Å². The van der Waals surface area contributed by atoms with E-state index in [1.54, 1.807) is 0 Å². The molecule has 2 aromatic rings. The highest BCUT2D eigenvalue weighted by Crippen LogP contribution is 2.23. The first-order chi connectivity index (χ1) is 19.0. The van der Waals surface area contributed by atoms with Crippen molar-refractivity contribution in [2.45, 2.75) is 20.8 Å². The van der Waals surface area contributed by atoms with Crippen molar-refractivity contribution in [2.75, 3.05) is 103 Å². The van der Waals surface area contributed by atoms with Gasteiger partial charge in [-0.05, 0) is 38.5 Å². The third-order valence-corrected chi connectivity index (χ3v) is 6.42. The first-order valence-corrected chi connectivity index (χ1v) is 14.1. The lowest BCUT2D eigenvalue weighted by atomic mass is 10.1. The summed E-state index contributed by atoms with van der Waals surface area (Å²) in [6, 6.07) is 5.73. The zero-order valence-corrected chi connectivity index (χ0v) is 24.2. The van der Waals surface area contributed by atoms with Gasteiger partial charge in [0.1, 0.15) is 0 Å². The third kappa shape index (κ3) is 14.7. The molecule has 1 heterocycles. The number of nitrogens with one attached hydrogen (secondary N) is 2. The minimum atomic E-state index is -0.166. The average Bonchev–Trinajstić information content (AvgIpc) is 3.24. The van der Waals surface area contributed by atoms with Crippen molar-refractivity contribution in [1.29, 1.82) is 0 Å². The standard InChI is InChI=1S/C27H44N4O7S/c1-21-4-5-24(20-25(21)26(32)31-27-30-22(2)23(3)39-27)29-7-9-34-11-13-36-15-17-38-19-18-37-16-14-35-12-10-33-8-6-28/h4-5,20,29H,6-19,28H2,1-3H3,(H,30,31,32). The maximum atomic E-state index is 12.7. The van der Waals surface area contributed by atoms with E-state index in [2.05, 4.69) is 15.6 Å². The number of thiazole rings is 1. The van der Waals surface area contributed by atoms with Gasteiger partial charge in [-0.15, -0.1) is 11.3 Å². The molecule has 4 N–H and O–H groups in total. The maximum absolute atomic E-state index is 12.7. The molecule has 0 aliphatic carbocycles. The van der Waals surface area contributed by atoms with Crippen LogP contribution in [0, 0.1) is 20.8 Å². The maximum Gasteiger partial charge on any atom is 0.257 e. The van der Waals surface area contributed by atoms with Crippen molar-refractivity contribution in [3.63, 3.8) is 0 Å². The number of nitrogens with two attached hydrogens (primary N) is 1. The summed E-state index contributed by atoms with van der Waals surface area (Å²) in [6.07, 6.45) is 0. The van der Waals surface area contributed by atoms with E-state index in [9.17, 15) is 4.79 Å². The monoisotopic (exact) mass is 568 g/mol. The van der Waals surface area contributed by atoms with Crippen LogP contribution < -0.4 is 16.4 Å². The van der Waals surface area contributed by atoms with Gasteiger partial charge in [0.05, 0.1) is 85.0 Å². The van der Waals surface area contributed by atoms with Crippen LogP contribution >= 0.6 is 11.3 Å². The minimum absolute atomic E-state index is 0.166. The minimum Gasteiger partial charge on any atom is -0.383 e. The van der Waals surface area contributed by atoms with Gasteiger partial charge in [0.15, 0.2) is 5.13 Å². The number of rotatable bonds is 23. The highest BCUT2D eigenvalue weighted by atomic mass is 32.1. The molecule has 0 radical (unpaired) electrons. The Kier molecular flexibility index (Phi) is 17.5. The summed E-state index contributed by atoms with van der Waals surface area (Å²) in [7, 11) is 0. The Morgan fingerprint density at radius 2 is 1.31 bits per heavy atom. The number of carbonyl (C=O) groups excluding carboxylic acids is 1. The number of nitrogens with zero attached hydrogens (tertiary/aromatic N) is 1. The molecule has 0 fully saturated rings. The molecule has 220 valence electrons. The first-order valence-electron chi connectivity index (χ1n) is 13.3. The lowest BCUT2D eigenvalue weighted by Crippen LogP contribution is -2.16. The van der Waals surface area contributed by atoms with E-state index in [0.29, 0.717) is 103 Å². The van der Waals surface area contributed by atoms with E-state index in [0.717, 1.165) is 21.8 Å². The van der Waals surface area contributed by atoms with Crippen LogP contribution in [-0.2, 0) is 28.4 Å². The Balaban J connectivity index is 1.42. The van der Waals surface area contributed by atoms with Gasteiger partial charge in [-0.2, -0.15) is 0 Å². The summed E-state index contributed by atoms with van der Waals surface area (Å²) < 4.78 is 32.6. The fraction of sp³-hybridized carbons (Fsp3) is 0.630. The second kappa shape index (κ2) is 20.7. The molecule has 0 aliphatic heterocycles. The number of ether oxygens (including phenoxy) is 6. The molecule has 2 rings (SSSR count). The molecule has 0 unspecified atom stereocenters. The number of anilines is 2. The zero-order chi connectivity index (χ0) is 28.1. The summed E-state index contributed by atoms with van der Waals surface area (Å²) in [5, 5.41) is 6.80. The topological polar surface area (TPSA) is 135 Å². The summed E-state index contributed by atoms with van der Waals surface area (Å²) in [5.74, 6) is -0.166. The molecular formula is C27H44N4O7S. The van der Waals surface area contributed by atoms with Crippen molar-refractivity contribution < 1.29 is 33.2 Å². The number of aromatic nitrogens is 1. The SMILES string of the molecule is Cc1ccc(NCCOCCOCCOCCOCCOCCOCCN)cc1C(=O)Nc1nc(C)c(C)s1. The summed E-state index contributed by atoms with van der Waals surface area (Å²) in [4.78, 5) is 18.2. The Morgan fingerprint density at radius 3 is 1.79 bits per heavy atom. The molecule has 39 heavy (non-hydrogen) atoms. The van der Waals surface area contributed by atoms with E-state index < -0.39 is 0 Å². The summed E-state index contributed by atoms with van der Waals surface area (Å²) in [6.45, 7) is 13.2. The predicted octanol–water partition coefficient (Wildman–Crippen LogP) is 2.79. The van der Waals surface area contributed by atoms with Gasteiger partial charge in [0.2, 0.25) is 0 Å². The van der Waals surface area contributed by atoms with E-state index in [-0.39, 0.29) is 5.91 Å².